The monoisotopic (exact) mass is 254 g/mol. The number of aliphatic hydroxyl groups is 2. The van der Waals surface area contributed by atoms with Crippen molar-refractivity contribution in [3.05, 3.63) is 29.6 Å². The molecule has 2 unspecified atom stereocenters. The summed E-state index contributed by atoms with van der Waals surface area (Å²) in [6.07, 6.45) is -1.66. The second-order valence-electron chi connectivity index (χ2n) is 3.84. The van der Waals surface area contributed by atoms with Gasteiger partial charge in [0.2, 0.25) is 0 Å². The number of hydrogen-bond donors (Lipinski definition) is 3. The smallest absolute Gasteiger partial charge is 0.356 e. The van der Waals surface area contributed by atoms with E-state index in [1.165, 1.54) is 13.2 Å². The van der Waals surface area contributed by atoms with Crippen LogP contribution in [0.25, 0.3) is 0 Å². The molecule has 0 aliphatic heterocycles. The van der Waals surface area contributed by atoms with Crippen LogP contribution in [0.4, 0.5) is 0 Å². The maximum absolute atomic E-state index is 11.3. The van der Waals surface area contributed by atoms with Crippen molar-refractivity contribution in [1.29, 1.82) is 0 Å². The number of esters is 1. The molecule has 0 radical (unpaired) electrons. The summed E-state index contributed by atoms with van der Waals surface area (Å²) in [6, 6.07) is 4.63. The summed E-state index contributed by atoms with van der Waals surface area (Å²) < 4.78 is 4.54. The fourth-order valence-corrected chi connectivity index (χ4v) is 1.48. The molecule has 1 aromatic heterocycles. The van der Waals surface area contributed by atoms with Crippen molar-refractivity contribution in [2.45, 2.75) is 18.6 Å². The number of nitrogens with one attached hydrogen (secondary N) is 1. The van der Waals surface area contributed by atoms with Gasteiger partial charge in [0.1, 0.15) is 11.8 Å². The van der Waals surface area contributed by atoms with Crippen molar-refractivity contribution >= 4 is 5.97 Å². The third-order valence-corrected chi connectivity index (χ3v) is 2.52. The highest BCUT2D eigenvalue weighted by Crippen LogP contribution is 2.17. The number of carbonyl (C=O) groups is 1. The summed E-state index contributed by atoms with van der Waals surface area (Å²) in [5.41, 5.74) is 0.358. The highest BCUT2D eigenvalue weighted by atomic mass is 16.5. The van der Waals surface area contributed by atoms with Gasteiger partial charge in [-0.15, -0.1) is 0 Å². The number of ether oxygens (including phenoxy) is 1. The first-order valence-corrected chi connectivity index (χ1v) is 5.66. The van der Waals surface area contributed by atoms with Crippen LogP contribution in [0.5, 0.6) is 0 Å². The van der Waals surface area contributed by atoms with E-state index in [0.29, 0.717) is 13.0 Å². The Morgan fingerprint density at radius 3 is 2.83 bits per heavy atom. The Kier molecular flexibility index (Phi) is 5.70. The lowest BCUT2D eigenvalue weighted by molar-refractivity contribution is 0.0113. The number of hydrogen-bond acceptors (Lipinski definition) is 6. The van der Waals surface area contributed by atoms with Gasteiger partial charge in [-0.1, -0.05) is 6.07 Å². The topological polar surface area (TPSA) is 91.7 Å². The Morgan fingerprint density at radius 1 is 1.50 bits per heavy atom. The minimum atomic E-state index is -1.12. The van der Waals surface area contributed by atoms with Crippen molar-refractivity contribution < 1.29 is 19.7 Å². The van der Waals surface area contributed by atoms with Crippen LogP contribution in [0.15, 0.2) is 18.2 Å². The molecule has 100 valence electrons. The molecule has 3 N–H and O–H groups in total. The zero-order valence-corrected chi connectivity index (χ0v) is 10.5. The van der Waals surface area contributed by atoms with E-state index in [4.69, 9.17) is 0 Å². The fraction of sp³-hybridized carbons (Fsp3) is 0.500. The molecular weight excluding hydrogens is 236 g/mol. The molecule has 0 aliphatic carbocycles. The van der Waals surface area contributed by atoms with Gasteiger partial charge >= 0.3 is 5.97 Å². The molecule has 0 spiro atoms. The van der Waals surface area contributed by atoms with Gasteiger partial charge in [-0.25, -0.2) is 9.78 Å². The molecule has 0 saturated carbocycles. The summed E-state index contributed by atoms with van der Waals surface area (Å²) in [5, 5.41) is 22.5. The molecule has 6 heteroatoms. The van der Waals surface area contributed by atoms with E-state index in [9.17, 15) is 15.0 Å². The number of aromatic nitrogens is 1. The van der Waals surface area contributed by atoms with Gasteiger partial charge in [0.05, 0.1) is 18.9 Å². The summed E-state index contributed by atoms with van der Waals surface area (Å²) >= 11 is 0. The number of carbonyl (C=O) groups excluding carboxylic acids is 1. The molecule has 0 aromatic carbocycles. The highest BCUT2D eigenvalue weighted by molar-refractivity contribution is 5.87. The zero-order chi connectivity index (χ0) is 13.5. The molecule has 1 rings (SSSR count). The molecule has 2 atom stereocenters. The third-order valence-electron chi connectivity index (χ3n) is 2.52. The lowest BCUT2D eigenvalue weighted by Crippen LogP contribution is -2.24. The van der Waals surface area contributed by atoms with E-state index in [0.717, 1.165) is 0 Å². The van der Waals surface area contributed by atoms with Crippen LogP contribution < -0.4 is 5.32 Å². The largest absolute Gasteiger partial charge is 0.464 e. The predicted molar refractivity (Wildman–Crippen MR) is 65.1 cm³/mol. The Balaban J connectivity index is 2.79. The van der Waals surface area contributed by atoms with Crippen LogP contribution in [-0.2, 0) is 4.74 Å². The fourth-order valence-electron chi connectivity index (χ4n) is 1.48. The summed E-state index contributed by atoms with van der Waals surface area (Å²) in [6.45, 7) is 0.578. The van der Waals surface area contributed by atoms with E-state index in [1.807, 2.05) is 0 Å². The van der Waals surface area contributed by atoms with E-state index in [1.54, 1.807) is 19.2 Å². The molecule has 6 nitrogen and oxygen atoms in total. The first-order chi connectivity index (χ1) is 8.60. The van der Waals surface area contributed by atoms with Crippen LogP contribution >= 0.6 is 0 Å². The quantitative estimate of drug-likeness (QED) is 0.613. The maximum Gasteiger partial charge on any atom is 0.356 e. The number of rotatable bonds is 6. The third kappa shape index (κ3) is 3.76. The number of pyridine rings is 1. The van der Waals surface area contributed by atoms with Gasteiger partial charge in [-0.2, -0.15) is 0 Å². The number of nitrogens with zero attached hydrogens (tertiary/aromatic N) is 1. The summed E-state index contributed by atoms with van der Waals surface area (Å²) in [4.78, 5) is 15.3. The lowest BCUT2D eigenvalue weighted by atomic mass is 10.1. The van der Waals surface area contributed by atoms with Gasteiger partial charge in [0.15, 0.2) is 0 Å². The summed E-state index contributed by atoms with van der Waals surface area (Å²) in [5.74, 6) is -0.575. The lowest BCUT2D eigenvalue weighted by Gasteiger charge is -2.17. The van der Waals surface area contributed by atoms with Crippen LogP contribution in [0.3, 0.4) is 0 Å². The van der Waals surface area contributed by atoms with Crippen molar-refractivity contribution in [1.82, 2.24) is 10.3 Å². The van der Waals surface area contributed by atoms with Crippen LogP contribution in [0.1, 0.15) is 28.7 Å². The SMILES string of the molecule is CNCCC(O)C(O)c1cccc(C(=O)OC)n1. The Bertz CT molecular complexity index is 397. The molecule has 0 bridgehead atoms. The van der Waals surface area contributed by atoms with E-state index >= 15 is 0 Å². The number of aliphatic hydroxyl groups excluding tert-OH is 2. The normalized spacial score (nSPS) is 14.0. The highest BCUT2D eigenvalue weighted by Gasteiger charge is 2.20. The van der Waals surface area contributed by atoms with E-state index in [2.05, 4.69) is 15.0 Å². The minimum absolute atomic E-state index is 0.106. The van der Waals surface area contributed by atoms with Gasteiger partial charge < -0.3 is 20.3 Å². The van der Waals surface area contributed by atoms with Crippen molar-refractivity contribution in [2.75, 3.05) is 20.7 Å². The molecule has 0 amide bonds. The van der Waals surface area contributed by atoms with Crippen molar-refractivity contribution in [3.8, 4) is 0 Å². The Morgan fingerprint density at radius 2 is 2.22 bits per heavy atom. The first-order valence-electron chi connectivity index (χ1n) is 5.66. The number of methoxy groups -OCH3 is 1. The minimum Gasteiger partial charge on any atom is -0.464 e. The average Bonchev–Trinajstić information content (AvgIpc) is 2.43. The molecule has 0 fully saturated rings. The second kappa shape index (κ2) is 7.05. The van der Waals surface area contributed by atoms with Crippen LogP contribution in [0.2, 0.25) is 0 Å². The molecule has 0 saturated heterocycles. The Labute approximate surface area is 106 Å². The second-order valence-corrected chi connectivity index (χ2v) is 3.84. The zero-order valence-electron chi connectivity index (χ0n) is 10.5. The van der Waals surface area contributed by atoms with E-state index < -0.39 is 18.2 Å². The Hall–Kier alpha value is -1.50. The molecule has 1 heterocycles. The van der Waals surface area contributed by atoms with Gasteiger partial charge in [-0.3, -0.25) is 0 Å². The van der Waals surface area contributed by atoms with Crippen molar-refractivity contribution in [3.63, 3.8) is 0 Å². The first kappa shape index (κ1) is 14.6. The molecular formula is C12H18N2O4. The summed E-state index contributed by atoms with van der Waals surface area (Å²) in [7, 11) is 3.02. The maximum atomic E-state index is 11.3. The van der Waals surface area contributed by atoms with E-state index in [-0.39, 0.29) is 11.4 Å². The molecule has 0 aliphatic rings. The standard InChI is InChI=1S/C12H18N2O4/c1-13-7-6-10(15)11(16)8-4-3-5-9(14-8)12(17)18-2/h3-5,10-11,13,15-16H,6-7H2,1-2H3. The van der Waals surface area contributed by atoms with Crippen LogP contribution in [-0.4, -0.2) is 48.0 Å². The van der Waals surface area contributed by atoms with Gasteiger partial charge in [0.25, 0.3) is 0 Å². The molecule has 1 aromatic rings. The van der Waals surface area contributed by atoms with Gasteiger partial charge in [-0.05, 0) is 32.1 Å². The molecule has 18 heavy (non-hydrogen) atoms. The average molecular weight is 254 g/mol. The van der Waals surface area contributed by atoms with Crippen LogP contribution in [0, 0.1) is 0 Å². The van der Waals surface area contributed by atoms with Gasteiger partial charge in [0, 0.05) is 0 Å². The predicted octanol–water partition coefficient (Wildman–Crippen LogP) is -0.128. The van der Waals surface area contributed by atoms with Crippen molar-refractivity contribution in [2.24, 2.45) is 0 Å².